The van der Waals surface area contributed by atoms with E-state index in [-0.39, 0.29) is 28.6 Å². The maximum absolute atomic E-state index is 13.3. The van der Waals surface area contributed by atoms with E-state index in [1.165, 1.54) is 18.2 Å². The lowest BCUT2D eigenvalue weighted by Gasteiger charge is -2.40. The zero-order chi connectivity index (χ0) is 21.4. The van der Waals surface area contributed by atoms with E-state index in [1.807, 2.05) is 0 Å². The summed E-state index contributed by atoms with van der Waals surface area (Å²) in [5, 5.41) is 11.1. The lowest BCUT2D eigenvalue weighted by Crippen LogP contribution is -2.50. The summed E-state index contributed by atoms with van der Waals surface area (Å²) in [6, 6.07) is 8.52. The molecular formula is C19H19FN2O6S. The van der Waals surface area contributed by atoms with E-state index in [2.05, 4.69) is 5.32 Å². The second-order valence-corrected chi connectivity index (χ2v) is 9.01. The molecule has 0 bridgehead atoms. The molecule has 0 saturated heterocycles. The molecule has 10 heteroatoms. The first kappa shape index (κ1) is 20.6. The van der Waals surface area contributed by atoms with Crippen LogP contribution >= 0.6 is 0 Å². The van der Waals surface area contributed by atoms with Gasteiger partial charge in [-0.05, 0) is 56.3 Å². The summed E-state index contributed by atoms with van der Waals surface area (Å²) in [5.41, 5.74) is -0.738. The van der Waals surface area contributed by atoms with Crippen LogP contribution in [0.15, 0.2) is 47.4 Å². The molecule has 0 fully saturated rings. The van der Waals surface area contributed by atoms with E-state index in [1.54, 1.807) is 13.8 Å². The molecule has 1 heterocycles. The van der Waals surface area contributed by atoms with Crippen LogP contribution in [0, 0.1) is 11.2 Å². The summed E-state index contributed by atoms with van der Waals surface area (Å²) in [6.07, 6.45) is -1.42. The zero-order valence-electron chi connectivity index (χ0n) is 15.6. The number of rotatable bonds is 5. The van der Waals surface area contributed by atoms with E-state index < -0.39 is 33.5 Å². The Morgan fingerprint density at radius 2 is 1.93 bits per heavy atom. The van der Waals surface area contributed by atoms with Gasteiger partial charge in [0.25, 0.3) is 10.0 Å². The maximum Gasteiger partial charge on any atom is 0.409 e. The molecule has 3 rings (SSSR count). The number of amides is 1. The summed E-state index contributed by atoms with van der Waals surface area (Å²) in [5.74, 6) is -0.406. The van der Waals surface area contributed by atoms with Crippen molar-refractivity contribution >= 4 is 33.8 Å². The number of nitrogens with one attached hydrogen (secondary N) is 1. The van der Waals surface area contributed by atoms with Crippen LogP contribution in [0.5, 0.6) is 5.75 Å². The van der Waals surface area contributed by atoms with Crippen molar-refractivity contribution in [2.75, 3.05) is 16.2 Å². The lowest BCUT2D eigenvalue weighted by molar-refractivity contribution is -0.118. The number of benzene rings is 2. The average molecular weight is 422 g/mol. The van der Waals surface area contributed by atoms with Gasteiger partial charge in [0.05, 0.1) is 22.5 Å². The molecule has 0 saturated carbocycles. The molecule has 1 aliphatic heterocycles. The molecule has 1 atom stereocenters. The minimum Gasteiger partial charge on any atom is -0.485 e. The van der Waals surface area contributed by atoms with Gasteiger partial charge in [-0.1, -0.05) is 0 Å². The highest BCUT2D eigenvalue weighted by Crippen LogP contribution is 2.41. The Morgan fingerprint density at radius 3 is 2.52 bits per heavy atom. The van der Waals surface area contributed by atoms with Gasteiger partial charge >= 0.3 is 6.09 Å². The van der Waals surface area contributed by atoms with Crippen molar-refractivity contribution in [2.45, 2.75) is 24.8 Å². The minimum absolute atomic E-state index is 0.110. The van der Waals surface area contributed by atoms with Crippen LogP contribution in [0.3, 0.4) is 0 Å². The van der Waals surface area contributed by atoms with Gasteiger partial charge in [0.2, 0.25) is 0 Å². The number of hydrogen-bond donors (Lipinski definition) is 2. The molecule has 0 aromatic heterocycles. The third kappa shape index (κ3) is 4.02. The van der Waals surface area contributed by atoms with E-state index in [9.17, 15) is 22.4 Å². The smallest absolute Gasteiger partial charge is 0.409 e. The van der Waals surface area contributed by atoms with E-state index in [0.717, 1.165) is 28.6 Å². The Kier molecular flexibility index (Phi) is 5.22. The van der Waals surface area contributed by atoms with E-state index >= 15 is 0 Å². The standard InChI is InChI=1S/C19H19FN2O6S/c1-19(2,11-23)17-10-22(29(26,27)14-6-3-12(20)4-7-14)15-9-13(21-18(24)25)5-8-16(15)28-17/h3-9,11,17,21H,10H2,1-2H3,(H,24,25). The van der Waals surface area contributed by atoms with Crippen molar-refractivity contribution in [3.8, 4) is 5.75 Å². The molecule has 154 valence electrons. The first-order valence-electron chi connectivity index (χ1n) is 8.60. The molecule has 2 aromatic rings. The number of nitrogens with zero attached hydrogens (tertiary/aromatic N) is 1. The molecule has 0 aliphatic carbocycles. The number of carboxylic acid groups (broad SMARTS) is 1. The SMILES string of the molecule is CC(C)(C=O)C1CN(S(=O)(=O)c2ccc(F)cc2)c2cc(NC(=O)O)ccc2O1. The number of sulfonamides is 1. The summed E-state index contributed by atoms with van der Waals surface area (Å²) in [6.45, 7) is 3.06. The largest absolute Gasteiger partial charge is 0.485 e. The van der Waals surface area contributed by atoms with Gasteiger partial charge in [0.1, 0.15) is 24.0 Å². The Hall–Kier alpha value is -3.14. The van der Waals surface area contributed by atoms with Crippen molar-refractivity contribution in [3.05, 3.63) is 48.3 Å². The monoisotopic (exact) mass is 422 g/mol. The zero-order valence-corrected chi connectivity index (χ0v) is 16.4. The number of aldehydes is 1. The molecule has 29 heavy (non-hydrogen) atoms. The molecule has 0 spiro atoms. The summed E-state index contributed by atoms with van der Waals surface area (Å²) in [7, 11) is -4.14. The van der Waals surface area contributed by atoms with Gasteiger partial charge in [0, 0.05) is 5.69 Å². The van der Waals surface area contributed by atoms with Gasteiger partial charge in [-0.3, -0.25) is 9.62 Å². The van der Waals surface area contributed by atoms with Gasteiger partial charge in [0.15, 0.2) is 0 Å². The Morgan fingerprint density at radius 1 is 1.28 bits per heavy atom. The Balaban J connectivity index is 2.13. The van der Waals surface area contributed by atoms with Gasteiger partial charge in [-0.2, -0.15) is 0 Å². The number of ether oxygens (including phenoxy) is 1. The van der Waals surface area contributed by atoms with Crippen LogP contribution in [-0.4, -0.2) is 38.6 Å². The van der Waals surface area contributed by atoms with Crippen LogP contribution in [0.2, 0.25) is 0 Å². The highest BCUT2D eigenvalue weighted by molar-refractivity contribution is 7.92. The van der Waals surface area contributed by atoms with E-state index in [4.69, 9.17) is 9.84 Å². The van der Waals surface area contributed by atoms with Crippen LogP contribution in [0.4, 0.5) is 20.6 Å². The molecule has 0 radical (unpaired) electrons. The molecule has 1 aliphatic rings. The fraction of sp³-hybridized carbons (Fsp3) is 0.263. The average Bonchev–Trinajstić information content (AvgIpc) is 2.66. The Labute approximate surface area is 167 Å². The van der Waals surface area contributed by atoms with Crippen LogP contribution in [0.25, 0.3) is 0 Å². The van der Waals surface area contributed by atoms with Crippen molar-refractivity contribution in [2.24, 2.45) is 5.41 Å². The second kappa shape index (κ2) is 7.36. The van der Waals surface area contributed by atoms with Crippen molar-refractivity contribution in [1.82, 2.24) is 0 Å². The lowest BCUT2D eigenvalue weighted by atomic mass is 9.87. The molecule has 2 aromatic carbocycles. The molecular weight excluding hydrogens is 403 g/mol. The predicted octanol–water partition coefficient (Wildman–Crippen LogP) is 3.10. The van der Waals surface area contributed by atoms with E-state index in [0.29, 0.717) is 6.29 Å². The van der Waals surface area contributed by atoms with Gasteiger partial charge < -0.3 is 14.6 Å². The third-order valence-corrected chi connectivity index (χ3v) is 6.41. The van der Waals surface area contributed by atoms with Crippen LogP contribution in [-0.2, 0) is 14.8 Å². The predicted molar refractivity (Wildman–Crippen MR) is 103 cm³/mol. The first-order chi connectivity index (χ1) is 13.5. The van der Waals surface area contributed by atoms with Gasteiger partial charge in [-0.25, -0.2) is 17.6 Å². The second-order valence-electron chi connectivity index (χ2n) is 7.15. The third-order valence-electron chi connectivity index (χ3n) is 4.61. The fourth-order valence-corrected chi connectivity index (χ4v) is 4.34. The van der Waals surface area contributed by atoms with Crippen molar-refractivity contribution in [3.63, 3.8) is 0 Å². The number of carbonyl (C=O) groups excluding carboxylic acids is 1. The normalized spacial score (nSPS) is 16.5. The van der Waals surface area contributed by atoms with Gasteiger partial charge in [-0.15, -0.1) is 0 Å². The topological polar surface area (TPSA) is 113 Å². The number of fused-ring (bicyclic) bond motifs is 1. The summed E-state index contributed by atoms with van der Waals surface area (Å²) in [4.78, 5) is 22.3. The Bertz CT molecular complexity index is 1050. The number of carbonyl (C=O) groups is 2. The van der Waals surface area contributed by atoms with Crippen molar-refractivity contribution in [1.29, 1.82) is 0 Å². The molecule has 2 N–H and O–H groups in total. The first-order valence-corrected chi connectivity index (χ1v) is 10.0. The summed E-state index contributed by atoms with van der Waals surface area (Å²) >= 11 is 0. The van der Waals surface area contributed by atoms with Crippen molar-refractivity contribution < 1.29 is 32.2 Å². The summed E-state index contributed by atoms with van der Waals surface area (Å²) < 4.78 is 46.7. The number of hydrogen-bond acceptors (Lipinski definition) is 5. The fourth-order valence-electron chi connectivity index (χ4n) is 2.88. The number of anilines is 2. The van der Waals surface area contributed by atoms with Crippen LogP contribution in [0.1, 0.15) is 13.8 Å². The van der Waals surface area contributed by atoms with Crippen LogP contribution < -0.4 is 14.4 Å². The molecule has 1 amide bonds. The molecule has 8 nitrogen and oxygen atoms in total. The molecule has 1 unspecified atom stereocenters. The number of halogens is 1. The minimum atomic E-state index is -4.14. The highest BCUT2D eigenvalue weighted by Gasteiger charge is 2.41. The maximum atomic E-state index is 13.3. The quantitative estimate of drug-likeness (QED) is 0.716. The highest BCUT2D eigenvalue weighted by atomic mass is 32.2.